The molecule has 0 atom stereocenters. The van der Waals surface area contributed by atoms with Crippen LogP contribution in [-0.2, 0) is 7.05 Å². The van der Waals surface area contributed by atoms with Crippen molar-refractivity contribution >= 4 is 11.9 Å². The van der Waals surface area contributed by atoms with E-state index < -0.39 is 11.9 Å². The van der Waals surface area contributed by atoms with Gasteiger partial charge in [-0.05, 0) is 12.1 Å². The van der Waals surface area contributed by atoms with Crippen LogP contribution in [0.5, 0.6) is 11.5 Å². The fraction of sp³-hybridized carbons (Fsp3) is 0.0833. The Bertz CT molecular complexity index is 647. The van der Waals surface area contributed by atoms with E-state index in [0.29, 0.717) is 0 Å². The molecule has 0 aliphatic heterocycles. The lowest BCUT2D eigenvalue weighted by atomic mass is 10.3. The maximum absolute atomic E-state index is 11.8. The van der Waals surface area contributed by atoms with Crippen LogP contribution in [0.3, 0.4) is 0 Å². The number of aromatic carboxylic acids is 1. The molecule has 0 amide bonds. The predicted molar refractivity (Wildman–Crippen MR) is 63.2 cm³/mol. The van der Waals surface area contributed by atoms with Crippen molar-refractivity contribution in [3.8, 4) is 11.5 Å². The quantitative estimate of drug-likeness (QED) is 0.633. The Hall–Kier alpha value is -2.83. The summed E-state index contributed by atoms with van der Waals surface area (Å²) in [5.74, 6) is -2.23. The number of carbonyl (C=O) groups excluding carboxylic acids is 1. The van der Waals surface area contributed by atoms with Crippen LogP contribution >= 0.6 is 0 Å². The molecule has 1 heterocycles. The lowest BCUT2D eigenvalue weighted by Gasteiger charge is -2.05. The number of hydrogen-bond donors (Lipinski definition) is 2. The Morgan fingerprint density at radius 3 is 2.58 bits per heavy atom. The standard InChI is InChI=1S/C12H10N2O5/c1-14-8(6-7(13-14)11(16)17)12(18)19-10-5-3-2-4-9(10)15/h2-6,15H,1H3,(H,16,17). The maximum atomic E-state index is 11.8. The number of phenols is 1. The molecule has 2 N–H and O–H groups in total. The lowest BCUT2D eigenvalue weighted by molar-refractivity contribution is 0.0687. The van der Waals surface area contributed by atoms with Crippen LogP contribution in [0.15, 0.2) is 30.3 Å². The second-order valence-corrected chi connectivity index (χ2v) is 3.70. The van der Waals surface area contributed by atoms with Gasteiger partial charge in [0.15, 0.2) is 17.2 Å². The molecule has 1 aromatic carbocycles. The summed E-state index contributed by atoms with van der Waals surface area (Å²) < 4.78 is 6.07. The van der Waals surface area contributed by atoms with Gasteiger partial charge in [-0.25, -0.2) is 9.59 Å². The predicted octanol–water partition coefficient (Wildman–Crippen LogP) is 1.04. The summed E-state index contributed by atoms with van der Waals surface area (Å²) in [6.45, 7) is 0. The Morgan fingerprint density at radius 1 is 1.32 bits per heavy atom. The van der Waals surface area contributed by atoms with Gasteiger partial charge < -0.3 is 14.9 Å². The van der Waals surface area contributed by atoms with E-state index in [-0.39, 0.29) is 22.9 Å². The first-order valence-electron chi connectivity index (χ1n) is 5.26. The number of nitrogens with zero attached hydrogens (tertiary/aromatic N) is 2. The Labute approximate surface area is 107 Å². The molecule has 2 rings (SSSR count). The van der Waals surface area contributed by atoms with Crippen molar-refractivity contribution in [2.75, 3.05) is 0 Å². The summed E-state index contributed by atoms with van der Waals surface area (Å²) in [6, 6.07) is 7.06. The molecule has 0 saturated heterocycles. The zero-order chi connectivity index (χ0) is 14.0. The number of benzene rings is 1. The van der Waals surface area contributed by atoms with Gasteiger partial charge in [0.1, 0.15) is 5.69 Å². The number of aromatic nitrogens is 2. The van der Waals surface area contributed by atoms with E-state index in [4.69, 9.17) is 9.84 Å². The summed E-state index contributed by atoms with van der Waals surface area (Å²) in [7, 11) is 1.42. The third-order valence-electron chi connectivity index (χ3n) is 2.38. The topological polar surface area (TPSA) is 102 Å². The molecule has 0 radical (unpaired) electrons. The number of aromatic hydroxyl groups is 1. The van der Waals surface area contributed by atoms with E-state index in [0.717, 1.165) is 10.7 Å². The second-order valence-electron chi connectivity index (χ2n) is 3.70. The van der Waals surface area contributed by atoms with Crippen molar-refractivity contribution in [1.29, 1.82) is 0 Å². The molecule has 0 bridgehead atoms. The van der Waals surface area contributed by atoms with Gasteiger partial charge in [0.25, 0.3) is 0 Å². The van der Waals surface area contributed by atoms with Crippen LogP contribution in [0.25, 0.3) is 0 Å². The molecule has 19 heavy (non-hydrogen) atoms. The van der Waals surface area contributed by atoms with Crippen molar-refractivity contribution in [3.05, 3.63) is 41.7 Å². The zero-order valence-corrected chi connectivity index (χ0v) is 9.90. The van der Waals surface area contributed by atoms with Crippen LogP contribution < -0.4 is 4.74 Å². The summed E-state index contributed by atoms with van der Waals surface area (Å²) in [5.41, 5.74) is -0.285. The summed E-state index contributed by atoms with van der Waals surface area (Å²) >= 11 is 0. The number of phenolic OH excluding ortho intramolecular Hbond substituents is 1. The molecule has 2 aromatic rings. The monoisotopic (exact) mass is 262 g/mol. The smallest absolute Gasteiger partial charge is 0.362 e. The van der Waals surface area contributed by atoms with Gasteiger partial charge in [-0.3, -0.25) is 4.68 Å². The normalized spacial score (nSPS) is 10.2. The van der Waals surface area contributed by atoms with Crippen LogP contribution in [0.2, 0.25) is 0 Å². The maximum Gasteiger partial charge on any atom is 0.362 e. The van der Waals surface area contributed by atoms with Gasteiger partial charge in [0, 0.05) is 13.1 Å². The second kappa shape index (κ2) is 4.81. The van der Waals surface area contributed by atoms with E-state index in [1.54, 1.807) is 12.1 Å². The summed E-state index contributed by atoms with van der Waals surface area (Å²) in [6.07, 6.45) is 0. The highest BCUT2D eigenvalue weighted by Gasteiger charge is 2.19. The molecule has 0 fully saturated rings. The summed E-state index contributed by atoms with van der Waals surface area (Å²) in [5, 5.41) is 21.9. The van der Waals surface area contributed by atoms with Gasteiger partial charge >= 0.3 is 11.9 Å². The first-order chi connectivity index (χ1) is 8.99. The highest BCUT2D eigenvalue weighted by Crippen LogP contribution is 2.25. The van der Waals surface area contributed by atoms with Gasteiger partial charge in [0.05, 0.1) is 0 Å². The van der Waals surface area contributed by atoms with E-state index in [1.165, 1.54) is 19.2 Å². The fourth-order valence-corrected chi connectivity index (χ4v) is 1.46. The number of para-hydroxylation sites is 2. The molecule has 98 valence electrons. The van der Waals surface area contributed by atoms with Crippen molar-refractivity contribution < 1.29 is 24.5 Å². The lowest BCUT2D eigenvalue weighted by Crippen LogP contribution is -2.13. The number of carbonyl (C=O) groups is 2. The molecule has 7 heteroatoms. The number of ether oxygens (including phenoxy) is 1. The molecule has 0 aliphatic carbocycles. The van der Waals surface area contributed by atoms with Crippen molar-refractivity contribution in [2.45, 2.75) is 0 Å². The zero-order valence-electron chi connectivity index (χ0n) is 9.90. The molecular formula is C12H10N2O5. The molecular weight excluding hydrogens is 252 g/mol. The third kappa shape index (κ3) is 2.54. The number of esters is 1. The van der Waals surface area contributed by atoms with Gasteiger partial charge in [0.2, 0.25) is 0 Å². The highest BCUT2D eigenvalue weighted by atomic mass is 16.5. The average molecular weight is 262 g/mol. The van der Waals surface area contributed by atoms with Crippen molar-refractivity contribution in [2.24, 2.45) is 7.05 Å². The minimum absolute atomic E-state index is 0.00873. The van der Waals surface area contributed by atoms with E-state index >= 15 is 0 Å². The van der Waals surface area contributed by atoms with E-state index in [9.17, 15) is 14.7 Å². The number of aryl methyl sites for hydroxylation is 1. The van der Waals surface area contributed by atoms with Crippen LogP contribution in [0.4, 0.5) is 0 Å². The first kappa shape index (κ1) is 12.6. The minimum atomic E-state index is -1.24. The molecule has 0 saturated carbocycles. The molecule has 0 spiro atoms. The van der Waals surface area contributed by atoms with E-state index in [1.807, 2.05) is 0 Å². The number of carboxylic acids is 1. The number of rotatable bonds is 3. The molecule has 7 nitrogen and oxygen atoms in total. The van der Waals surface area contributed by atoms with Crippen molar-refractivity contribution in [3.63, 3.8) is 0 Å². The first-order valence-corrected chi connectivity index (χ1v) is 5.26. The van der Waals surface area contributed by atoms with Gasteiger partial charge in [-0.1, -0.05) is 12.1 Å². The molecule has 0 unspecified atom stereocenters. The summed E-state index contributed by atoms with van der Waals surface area (Å²) in [4.78, 5) is 22.6. The molecule has 0 aliphatic rings. The largest absolute Gasteiger partial charge is 0.504 e. The Kier molecular flexibility index (Phi) is 3.19. The fourth-order valence-electron chi connectivity index (χ4n) is 1.46. The van der Waals surface area contributed by atoms with Crippen LogP contribution in [-0.4, -0.2) is 31.9 Å². The number of carboxylic acid groups (broad SMARTS) is 1. The van der Waals surface area contributed by atoms with Gasteiger partial charge in [-0.15, -0.1) is 0 Å². The van der Waals surface area contributed by atoms with Gasteiger partial charge in [-0.2, -0.15) is 5.10 Å². The Balaban J connectivity index is 2.26. The SMILES string of the molecule is Cn1nc(C(=O)O)cc1C(=O)Oc1ccccc1O. The number of hydrogen-bond acceptors (Lipinski definition) is 5. The minimum Gasteiger partial charge on any atom is -0.504 e. The van der Waals surface area contributed by atoms with Crippen LogP contribution in [0, 0.1) is 0 Å². The average Bonchev–Trinajstić information content (AvgIpc) is 2.74. The van der Waals surface area contributed by atoms with Crippen molar-refractivity contribution in [1.82, 2.24) is 9.78 Å². The third-order valence-corrected chi connectivity index (χ3v) is 2.38. The molecule has 1 aromatic heterocycles. The highest BCUT2D eigenvalue weighted by molar-refractivity contribution is 5.93. The Morgan fingerprint density at radius 2 is 2.00 bits per heavy atom. The van der Waals surface area contributed by atoms with E-state index in [2.05, 4.69) is 5.10 Å². The van der Waals surface area contributed by atoms with Crippen LogP contribution in [0.1, 0.15) is 21.0 Å².